The smallest absolute Gasteiger partial charge is 0.416 e. The van der Waals surface area contributed by atoms with Crippen molar-refractivity contribution in [3.8, 4) is 0 Å². The zero-order valence-corrected chi connectivity index (χ0v) is 10.6. The fraction of sp³-hybridized carbons (Fsp3) is 0.385. The average molecular weight is 232 g/mol. The molecule has 1 rings (SSSR count). The largest absolute Gasteiger partial charge is 0.460 e. The van der Waals surface area contributed by atoms with Gasteiger partial charge in [-0.3, -0.25) is 0 Å². The number of hydrogen-bond donors (Lipinski definition) is 0. The van der Waals surface area contributed by atoms with E-state index in [9.17, 15) is 4.79 Å². The molecule has 4 nitrogen and oxygen atoms in total. The Morgan fingerprint density at radius 3 is 2.24 bits per heavy atom. The van der Waals surface area contributed by atoms with Gasteiger partial charge in [-0.2, -0.15) is 4.79 Å². The van der Waals surface area contributed by atoms with E-state index < -0.39 is 5.97 Å². The van der Waals surface area contributed by atoms with Gasteiger partial charge >= 0.3 is 11.7 Å². The van der Waals surface area contributed by atoms with Crippen LogP contribution in [0, 0.1) is 20.8 Å². The van der Waals surface area contributed by atoms with E-state index in [1.165, 1.54) is 12.7 Å². The van der Waals surface area contributed by atoms with Gasteiger partial charge in [0.05, 0.1) is 13.5 Å². The number of ether oxygens (including phenoxy) is 1. The van der Waals surface area contributed by atoms with Crippen LogP contribution in [0.5, 0.6) is 0 Å². The first-order chi connectivity index (χ1) is 7.99. The number of esters is 1. The number of benzene rings is 1. The second kappa shape index (κ2) is 5.41. The zero-order chi connectivity index (χ0) is 13.0. The quantitative estimate of drug-likeness (QED) is 0.346. The molecule has 0 spiro atoms. The minimum Gasteiger partial charge on any atom is -0.460 e. The summed E-state index contributed by atoms with van der Waals surface area (Å²) in [5.41, 5.74) is 13.1. The average Bonchev–Trinajstić information content (AvgIpc) is 2.27. The summed E-state index contributed by atoms with van der Waals surface area (Å²) in [6, 6.07) is 4.07. The molecule has 17 heavy (non-hydrogen) atoms. The first-order valence-electron chi connectivity index (χ1n) is 5.35. The number of carbonyl (C=O) groups excluding carboxylic acids is 1. The highest BCUT2D eigenvalue weighted by Gasteiger charge is 2.23. The van der Waals surface area contributed by atoms with Crippen LogP contribution >= 0.6 is 0 Å². The molecule has 0 fully saturated rings. The number of nitrogens with zero attached hydrogens (tertiary/aromatic N) is 2. The van der Waals surface area contributed by atoms with Crippen LogP contribution in [0.2, 0.25) is 0 Å². The molecule has 0 unspecified atom stereocenters. The molecule has 0 aliphatic carbocycles. The molecule has 0 radical (unpaired) electrons. The number of rotatable bonds is 3. The standard InChI is InChI=1S/C13H16N2O2/c1-8-5-9(2)11(10(3)6-8)7-12(15-14)13(16)17-4/h5-6H,7H2,1-4H3. The summed E-state index contributed by atoms with van der Waals surface area (Å²) in [6.07, 6.45) is 0.279. The summed E-state index contributed by atoms with van der Waals surface area (Å²) < 4.78 is 4.55. The highest BCUT2D eigenvalue weighted by Crippen LogP contribution is 2.17. The van der Waals surface area contributed by atoms with E-state index in [1.54, 1.807) is 0 Å². The maximum absolute atomic E-state index is 11.3. The highest BCUT2D eigenvalue weighted by atomic mass is 16.5. The predicted molar refractivity (Wildman–Crippen MR) is 65.0 cm³/mol. The van der Waals surface area contributed by atoms with E-state index in [0.29, 0.717) is 0 Å². The highest BCUT2D eigenvalue weighted by molar-refractivity contribution is 6.34. The lowest BCUT2D eigenvalue weighted by Crippen LogP contribution is -2.20. The molecule has 0 saturated carbocycles. The Hall–Kier alpha value is -1.93. The fourth-order valence-corrected chi connectivity index (χ4v) is 1.92. The Morgan fingerprint density at radius 1 is 1.29 bits per heavy atom. The van der Waals surface area contributed by atoms with Gasteiger partial charge in [0.2, 0.25) is 0 Å². The van der Waals surface area contributed by atoms with E-state index in [1.807, 2.05) is 32.9 Å². The maximum atomic E-state index is 11.3. The van der Waals surface area contributed by atoms with Crippen LogP contribution in [-0.4, -0.2) is 23.6 Å². The Kier molecular flexibility index (Phi) is 4.18. The van der Waals surface area contributed by atoms with E-state index >= 15 is 0 Å². The minimum absolute atomic E-state index is 0.0163. The molecule has 0 atom stereocenters. The Bertz CT molecular complexity index is 477. The van der Waals surface area contributed by atoms with Crippen LogP contribution in [0.4, 0.5) is 0 Å². The second-order valence-corrected chi connectivity index (χ2v) is 4.09. The third-order valence-corrected chi connectivity index (χ3v) is 2.73. The number of carbonyl (C=O) groups is 1. The lowest BCUT2D eigenvalue weighted by Gasteiger charge is -2.08. The maximum Gasteiger partial charge on any atom is 0.416 e. The van der Waals surface area contributed by atoms with Crippen molar-refractivity contribution < 1.29 is 14.3 Å². The van der Waals surface area contributed by atoms with E-state index in [2.05, 4.69) is 9.53 Å². The first kappa shape index (κ1) is 13.1. The Balaban J connectivity index is 3.11. The molecule has 0 bridgehead atoms. The molecule has 1 aromatic rings. The van der Waals surface area contributed by atoms with Crippen molar-refractivity contribution in [2.75, 3.05) is 7.11 Å². The molecule has 90 valence electrons. The topological polar surface area (TPSA) is 62.7 Å². The van der Waals surface area contributed by atoms with Crippen LogP contribution in [0.1, 0.15) is 22.3 Å². The summed E-state index contributed by atoms with van der Waals surface area (Å²) in [5.74, 6) is -0.605. The van der Waals surface area contributed by atoms with Gasteiger partial charge in [0.1, 0.15) is 0 Å². The fourth-order valence-electron chi connectivity index (χ4n) is 1.92. The predicted octanol–water partition coefficient (Wildman–Crippen LogP) is 2.00. The molecule has 0 amide bonds. The molecule has 0 aliphatic rings. The van der Waals surface area contributed by atoms with Crippen LogP contribution < -0.4 is 0 Å². The third kappa shape index (κ3) is 3.02. The summed E-state index contributed by atoms with van der Waals surface area (Å²) >= 11 is 0. The van der Waals surface area contributed by atoms with Crippen molar-refractivity contribution in [2.45, 2.75) is 27.2 Å². The van der Waals surface area contributed by atoms with Crippen LogP contribution in [-0.2, 0) is 16.0 Å². The van der Waals surface area contributed by atoms with Crippen LogP contribution in [0.15, 0.2) is 12.1 Å². The lowest BCUT2D eigenvalue weighted by atomic mass is 9.95. The molecule has 4 heteroatoms. The molecular weight excluding hydrogens is 216 g/mol. The molecular formula is C13H16N2O2. The Labute approximate surface area is 101 Å². The van der Waals surface area contributed by atoms with Gasteiger partial charge in [0, 0.05) is 0 Å². The summed E-state index contributed by atoms with van der Waals surface area (Å²) in [7, 11) is 1.27. The van der Waals surface area contributed by atoms with Gasteiger partial charge in [0.15, 0.2) is 0 Å². The van der Waals surface area contributed by atoms with Crippen molar-refractivity contribution in [3.05, 3.63) is 39.9 Å². The molecule has 0 heterocycles. The van der Waals surface area contributed by atoms with Gasteiger partial charge in [-0.1, -0.05) is 17.7 Å². The zero-order valence-electron chi connectivity index (χ0n) is 10.6. The van der Waals surface area contributed by atoms with Crippen LogP contribution in [0.3, 0.4) is 0 Å². The van der Waals surface area contributed by atoms with Crippen molar-refractivity contribution in [2.24, 2.45) is 0 Å². The van der Waals surface area contributed by atoms with Gasteiger partial charge in [0.25, 0.3) is 0 Å². The van der Waals surface area contributed by atoms with E-state index in [-0.39, 0.29) is 12.1 Å². The van der Waals surface area contributed by atoms with E-state index in [0.717, 1.165) is 16.7 Å². The lowest BCUT2D eigenvalue weighted by molar-refractivity contribution is -0.137. The SMILES string of the molecule is COC(=O)C(Cc1c(C)cc(C)cc1C)=[N+]=[N-]. The summed E-state index contributed by atoms with van der Waals surface area (Å²) in [6.45, 7) is 5.97. The van der Waals surface area contributed by atoms with Crippen molar-refractivity contribution in [1.82, 2.24) is 0 Å². The normalized spacial score (nSPS) is 9.65. The van der Waals surface area contributed by atoms with Gasteiger partial charge in [-0.15, -0.1) is 0 Å². The molecule has 0 saturated heterocycles. The van der Waals surface area contributed by atoms with E-state index in [4.69, 9.17) is 5.53 Å². The first-order valence-corrected chi connectivity index (χ1v) is 5.35. The van der Waals surface area contributed by atoms with Crippen molar-refractivity contribution in [1.29, 1.82) is 0 Å². The molecule has 0 aliphatic heterocycles. The molecule has 1 aromatic carbocycles. The summed E-state index contributed by atoms with van der Waals surface area (Å²) in [5, 5.41) is 0. The van der Waals surface area contributed by atoms with Gasteiger partial charge in [-0.05, 0) is 37.5 Å². The number of methoxy groups -OCH3 is 1. The van der Waals surface area contributed by atoms with Crippen molar-refractivity contribution >= 4 is 11.7 Å². The van der Waals surface area contributed by atoms with Crippen LogP contribution in [0.25, 0.3) is 5.53 Å². The Morgan fingerprint density at radius 2 is 1.82 bits per heavy atom. The third-order valence-electron chi connectivity index (χ3n) is 2.73. The second-order valence-electron chi connectivity index (χ2n) is 4.09. The molecule has 0 aromatic heterocycles. The van der Waals surface area contributed by atoms with Crippen molar-refractivity contribution in [3.63, 3.8) is 0 Å². The number of aryl methyl sites for hydroxylation is 3. The monoisotopic (exact) mass is 232 g/mol. The van der Waals surface area contributed by atoms with Gasteiger partial charge in [-0.25, -0.2) is 4.79 Å². The molecule has 0 N–H and O–H groups in total. The summed E-state index contributed by atoms with van der Waals surface area (Å²) in [4.78, 5) is 14.3. The number of hydrogen-bond acceptors (Lipinski definition) is 2. The van der Waals surface area contributed by atoms with Gasteiger partial charge < -0.3 is 10.3 Å². The minimum atomic E-state index is -0.605.